The first-order valence-corrected chi connectivity index (χ1v) is 8.24. The van der Waals surface area contributed by atoms with Gasteiger partial charge in [0.05, 0.1) is 11.8 Å². The maximum atomic E-state index is 13.0. The summed E-state index contributed by atoms with van der Waals surface area (Å²) in [5.41, 5.74) is 1.36. The van der Waals surface area contributed by atoms with E-state index in [4.69, 9.17) is 9.52 Å². The molecule has 1 aromatic heterocycles. The van der Waals surface area contributed by atoms with Crippen LogP contribution in [-0.4, -0.2) is 35.0 Å². The first-order valence-electron chi connectivity index (χ1n) is 8.24. The van der Waals surface area contributed by atoms with Gasteiger partial charge in [-0.15, -0.1) is 0 Å². The normalized spacial score (nSPS) is 24.1. The summed E-state index contributed by atoms with van der Waals surface area (Å²) in [5.74, 6) is -0.801. The molecule has 5 heteroatoms. The maximum Gasteiger partial charge on any atom is 0.311 e. The first kappa shape index (κ1) is 15.8. The number of furan rings is 1. The molecule has 2 aliphatic rings. The minimum absolute atomic E-state index is 0.0823. The van der Waals surface area contributed by atoms with Crippen LogP contribution >= 0.6 is 0 Å². The zero-order chi connectivity index (χ0) is 16.4. The second-order valence-corrected chi connectivity index (χ2v) is 6.83. The van der Waals surface area contributed by atoms with Crippen molar-refractivity contribution >= 4 is 11.9 Å². The van der Waals surface area contributed by atoms with Crippen molar-refractivity contribution in [2.45, 2.75) is 45.4 Å². The number of nitrogens with zero attached hydrogens (tertiary/aromatic N) is 1. The van der Waals surface area contributed by atoms with Crippen LogP contribution in [0.25, 0.3) is 0 Å². The highest BCUT2D eigenvalue weighted by Crippen LogP contribution is 2.41. The van der Waals surface area contributed by atoms with Crippen molar-refractivity contribution < 1.29 is 19.1 Å². The maximum absolute atomic E-state index is 13.0. The molecular formula is C18H23NO4. The van der Waals surface area contributed by atoms with E-state index in [2.05, 4.69) is 12.2 Å². The van der Waals surface area contributed by atoms with Crippen LogP contribution in [0.4, 0.5) is 0 Å². The Labute approximate surface area is 136 Å². The van der Waals surface area contributed by atoms with Gasteiger partial charge in [0.1, 0.15) is 12.2 Å². The Morgan fingerprint density at radius 3 is 2.87 bits per heavy atom. The fourth-order valence-corrected chi connectivity index (χ4v) is 3.91. The third-order valence-electron chi connectivity index (χ3n) is 5.08. The Balaban J connectivity index is 1.81. The molecule has 0 bridgehead atoms. The number of amides is 1. The van der Waals surface area contributed by atoms with Crippen LogP contribution in [0, 0.1) is 12.3 Å². The van der Waals surface area contributed by atoms with E-state index in [1.54, 1.807) is 6.92 Å². The van der Waals surface area contributed by atoms with Crippen LogP contribution in [0.1, 0.15) is 53.8 Å². The number of carboxylic acid groups (broad SMARTS) is 1. The van der Waals surface area contributed by atoms with Gasteiger partial charge in [0.15, 0.2) is 0 Å². The molecule has 1 aliphatic carbocycles. The standard InChI is InChI=1S/C18H23NO4/c1-13-11-23-14(10-15(20)21)16(13)17(22)19-9-5-8-18(12-19)6-3-2-4-7-18/h2-3,11H,4-10,12H2,1H3,(H,20,21). The second kappa shape index (κ2) is 6.22. The Morgan fingerprint density at radius 1 is 1.35 bits per heavy atom. The lowest BCUT2D eigenvalue weighted by Crippen LogP contribution is -2.46. The average molecular weight is 317 g/mol. The van der Waals surface area contributed by atoms with Crippen molar-refractivity contribution in [3.05, 3.63) is 35.3 Å². The van der Waals surface area contributed by atoms with E-state index in [9.17, 15) is 9.59 Å². The number of aryl methyl sites for hydroxylation is 1. The summed E-state index contributed by atoms with van der Waals surface area (Å²) in [4.78, 5) is 25.8. The molecule has 1 unspecified atom stereocenters. The van der Waals surface area contributed by atoms with Crippen LogP contribution in [0.3, 0.4) is 0 Å². The lowest BCUT2D eigenvalue weighted by atomic mass is 9.71. The van der Waals surface area contributed by atoms with Gasteiger partial charge < -0.3 is 14.4 Å². The summed E-state index contributed by atoms with van der Waals surface area (Å²) in [6.45, 7) is 3.29. The Hall–Kier alpha value is -2.04. The van der Waals surface area contributed by atoms with Gasteiger partial charge in [-0.25, -0.2) is 0 Å². The molecule has 1 spiro atoms. The number of carboxylic acids is 1. The molecular weight excluding hydrogens is 294 g/mol. The summed E-state index contributed by atoms with van der Waals surface area (Å²) >= 11 is 0. The minimum Gasteiger partial charge on any atom is -0.481 e. The van der Waals surface area contributed by atoms with Crippen LogP contribution in [0.15, 0.2) is 22.8 Å². The van der Waals surface area contributed by atoms with E-state index in [0.717, 1.165) is 50.8 Å². The average Bonchev–Trinajstić information content (AvgIpc) is 2.87. The predicted molar refractivity (Wildman–Crippen MR) is 85.3 cm³/mol. The number of piperidine rings is 1. The summed E-state index contributed by atoms with van der Waals surface area (Å²) in [6.07, 6.45) is 11.1. The van der Waals surface area contributed by atoms with Crippen LogP contribution in [0.2, 0.25) is 0 Å². The van der Waals surface area contributed by atoms with E-state index in [1.807, 2.05) is 4.90 Å². The molecule has 124 valence electrons. The largest absolute Gasteiger partial charge is 0.481 e. The second-order valence-electron chi connectivity index (χ2n) is 6.83. The van der Waals surface area contributed by atoms with Crippen molar-refractivity contribution in [1.82, 2.24) is 4.90 Å². The number of carbonyl (C=O) groups is 2. The lowest BCUT2D eigenvalue weighted by molar-refractivity contribution is -0.136. The Kier molecular flexibility index (Phi) is 4.28. The SMILES string of the molecule is Cc1coc(CC(=O)O)c1C(=O)N1CCCC2(CC=CCC2)C1. The summed E-state index contributed by atoms with van der Waals surface area (Å²) in [5, 5.41) is 9.00. The number of aliphatic carboxylic acids is 1. The molecule has 0 aromatic carbocycles. The molecule has 0 saturated carbocycles. The number of hydrogen-bond acceptors (Lipinski definition) is 3. The molecule has 1 fully saturated rings. The van der Waals surface area contributed by atoms with Crippen molar-refractivity contribution in [3.8, 4) is 0 Å². The van der Waals surface area contributed by atoms with E-state index in [0.29, 0.717) is 5.56 Å². The molecule has 1 atom stereocenters. The number of hydrogen-bond donors (Lipinski definition) is 1. The highest BCUT2D eigenvalue weighted by atomic mass is 16.4. The van der Waals surface area contributed by atoms with Gasteiger partial charge in [-0.3, -0.25) is 9.59 Å². The molecule has 3 rings (SSSR count). The van der Waals surface area contributed by atoms with Crippen molar-refractivity contribution in [2.24, 2.45) is 5.41 Å². The van der Waals surface area contributed by atoms with Gasteiger partial charge in [-0.2, -0.15) is 0 Å². The number of rotatable bonds is 3. The molecule has 1 aromatic rings. The third-order valence-corrected chi connectivity index (χ3v) is 5.08. The van der Waals surface area contributed by atoms with Gasteiger partial charge in [-0.05, 0) is 44.4 Å². The van der Waals surface area contributed by atoms with E-state index < -0.39 is 5.97 Å². The summed E-state index contributed by atoms with van der Waals surface area (Å²) in [7, 11) is 0. The fraction of sp³-hybridized carbons (Fsp3) is 0.556. The Morgan fingerprint density at radius 2 is 2.17 bits per heavy atom. The van der Waals surface area contributed by atoms with Crippen LogP contribution in [0.5, 0.6) is 0 Å². The summed E-state index contributed by atoms with van der Waals surface area (Å²) in [6, 6.07) is 0. The van der Waals surface area contributed by atoms with Crippen molar-refractivity contribution in [3.63, 3.8) is 0 Å². The number of likely N-dealkylation sites (tertiary alicyclic amines) is 1. The third kappa shape index (κ3) is 3.19. The molecule has 23 heavy (non-hydrogen) atoms. The smallest absolute Gasteiger partial charge is 0.311 e. The van der Waals surface area contributed by atoms with Gasteiger partial charge in [0.2, 0.25) is 0 Å². The zero-order valence-corrected chi connectivity index (χ0v) is 13.5. The van der Waals surface area contributed by atoms with Gasteiger partial charge in [0.25, 0.3) is 5.91 Å². The molecule has 2 heterocycles. The highest BCUT2D eigenvalue weighted by molar-refractivity contribution is 5.97. The minimum atomic E-state index is -0.985. The van der Waals surface area contributed by atoms with Crippen LogP contribution < -0.4 is 0 Å². The lowest BCUT2D eigenvalue weighted by Gasteiger charge is -2.44. The highest BCUT2D eigenvalue weighted by Gasteiger charge is 2.38. The van der Waals surface area contributed by atoms with Gasteiger partial charge >= 0.3 is 5.97 Å². The molecule has 1 saturated heterocycles. The monoisotopic (exact) mass is 317 g/mol. The van der Waals surface area contributed by atoms with Crippen LogP contribution in [-0.2, 0) is 11.2 Å². The Bertz CT molecular complexity index is 645. The van der Waals surface area contributed by atoms with E-state index in [1.165, 1.54) is 6.26 Å². The molecule has 0 radical (unpaired) electrons. The molecule has 1 aliphatic heterocycles. The van der Waals surface area contributed by atoms with Gasteiger partial charge in [0, 0.05) is 18.7 Å². The van der Waals surface area contributed by atoms with E-state index in [-0.39, 0.29) is 23.5 Å². The van der Waals surface area contributed by atoms with Crippen molar-refractivity contribution in [2.75, 3.05) is 13.1 Å². The van der Waals surface area contributed by atoms with E-state index >= 15 is 0 Å². The topological polar surface area (TPSA) is 70.7 Å². The van der Waals surface area contributed by atoms with Gasteiger partial charge in [-0.1, -0.05) is 12.2 Å². The zero-order valence-electron chi connectivity index (χ0n) is 13.5. The quantitative estimate of drug-likeness (QED) is 0.869. The molecule has 1 N–H and O–H groups in total. The molecule has 5 nitrogen and oxygen atoms in total. The predicted octanol–water partition coefficient (Wildman–Crippen LogP) is 3.18. The first-order chi connectivity index (χ1) is 11.0. The fourth-order valence-electron chi connectivity index (χ4n) is 3.91. The number of carbonyl (C=O) groups excluding carboxylic acids is 1. The number of allylic oxidation sites excluding steroid dienone is 2. The van der Waals surface area contributed by atoms with Crippen molar-refractivity contribution in [1.29, 1.82) is 0 Å². The molecule has 1 amide bonds. The summed E-state index contributed by atoms with van der Waals surface area (Å²) < 4.78 is 5.32.